The summed E-state index contributed by atoms with van der Waals surface area (Å²) in [6, 6.07) is 11.6. The van der Waals surface area contributed by atoms with Crippen molar-refractivity contribution in [1.29, 1.82) is 0 Å². The van der Waals surface area contributed by atoms with Crippen LogP contribution in [0.25, 0.3) is 11.0 Å². The lowest BCUT2D eigenvalue weighted by molar-refractivity contribution is 0.0521. The summed E-state index contributed by atoms with van der Waals surface area (Å²) in [6.07, 6.45) is 5.53. The molecule has 10 nitrogen and oxygen atoms in total. The van der Waals surface area contributed by atoms with E-state index >= 15 is 0 Å². The second-order valence-electron chi connectivity index (χ2n) is 12.6. The zero-order chi connectivity index (χ0) is 30.5. The summed E-state index contributed by atoms with van der Waals surface area (Å²) in [6.45, 7) is 11.6. The van der Waals surface area contributed by atoms with Gasteiger partial charge in [-0.1, -0.05) is 24.3 Å². The lowest BCUT2D eigenvalue weighted by Crippen LogP contribution is -2.35. The number of rotatable bonds is 8. The highest BCUT2D eigenvalue weighted by Crippen LogP contribution is 2.34. The van der Waals surface area contributed by atoms with E-state index in [4.69, 9.17) is 19.4 Å². The van der Waals surface area contributed by atoms with Gasteiger partial charge >= 0.3 is 12.2 Å². The third kappa shape index (κ3) is 8.17. The summed E-state index contributed by atoms with van der Waals surface area (Å²) >= 11 is 0. The van der Waals surface area contributed by atoms with Gasteiger partial charge in [0.15, 0.2) is 0 Å². The Labute approximate surface area is 247 Å². The number of nitrogens with zero attached hydrogens (tertiary/aromatic N) is 4. The van der Waals surface area contributed by atoms with E-state index < -0.39 is 23.4 Å². The largest absolute Gasteiger partial charge is 0.444 e. The smallest absolute Gasteiger partial charge is 0.420 e. The zero-order valence-electron chi connectivity index (χ0n) is 25.5. The fourth-order valence-corrected chi connectivity index (χ4v) is 5.06. The molecular formula is C32H43N5O5. The minimum absolute atomic E-state index is 0.0307. The van der Waals surface area contributed by atoms with Crippen LogP contribution in [0.2, 0.25) is 0 Å². The van der Waals surface area contributed by atoms with Crippen LogP contribution in [0.15, 0.2) is 54.2 Å². The molecule has 0 bridgehead atoms. The first-order valence-electron chi connectivity index (χ1n) is 14.5. The first-order valence-corrected chi connectivity index (χ1v) is 14.5. The summed E-state index contributed by atoms with van der Waals surface area (Å²) in [4.78, 5) is 37.5. The number of aryl methyl sites for hydroxylation is 1. The Morgan fingerprint density at radius 1 is 1.10 bits per heavy atom. The van der Waals surface area contributed by atoms with Gasteiger partial charge in [-0.25, -0.2) is 19.1 Å². The van der Waals surface area contributed by atoms with E-state index in [-0.39, 0.29) is 19.2 Å². The van der Waals surface area contributed by atoms with E-state index in [1.165, 1.54) is 5.56 Å². The third-order valence-electron chi connectivity index (χ3n) is 6.83. The van der Waals surface area contributed by atoms with Crippen LogP contribution in [0.4, 0.5) is 9.59 Å². The van der Waals surface area contributed by atoms with Crippen LogP contribution < -0.4 is 5.32 Å². The maximum atomic E-state index is 13.4. The van der Waals surface area contributed by atoms with E-state index in [0.29, 0.717) is 35.5 Å². The average Bonchev–Trinajstić information content (AvgIpc) is 3.28. The predicted octanol–water partition coefficient (Wildman–Crippen LogP) is 5.54. The second-order valence-corrected chi connectivity index (χ2v) is 12.6. The molecule has 0 aliphatic heterocycles. The molecule has 0 spiro atoms. The number of alkyl carbamates (subject to hydrolysis) is 1. The summed E-state index contributed by atoms with van der Waals surface area (Å²) in [5, 5.41) is 12.8. The summed E-state index contributed by atoms with van der Waals surface area (Å²) < 4.78 is 12.7. The number of amides is 1. The molecule has 1 aliphatic carbocycles. The van der Waals surface area contributed by atoms with Gasteiger partial charge < -0.3 is 19.9 Å². The van der Waals surface area contributed by atoms with Crippen LogP contribution in [-0.2, 0) is 22.4 Å². The van der Waals surface area contributed by atoms with Gasteiger partial charge in [-0.3, -0.25) is 9.88 Å². The molecule has 0 radical (unpaired) electrons. The molecule has 1 atom stereocenters. The molecule has 226 valence electrons. The first-order chi connectivity index (χ1) is 19.8. The van der Waals surface area contributed by atoms with Gasteiger partial charge in [-0.15, -0.1) is 0 Å². The maximum Gasteiger partial charge on any atom is 0.420 e. The van der Waals surface area contributed by atoms with Crippen LogP contribution in [-0.4, -0.2) is 67.6 Å². The Hall–Kier alpha value is -3.76. The molecular weight excluding hydrogens is 534 g/mol. The molecule has 0 fully saturated rings. The van der Waals surface area contributed by atoms with Gasteiger partial charge in [0, 0.05) is 19.3 Å². The molecule has 42 heavy (non-hydrogen) atoms. The van der Waals surface area contributed by atoms with E-state index in [0.717, 1.165) is 25.0 Å². The fourth-order valence-electron chi connectivity index (χ4n) is 5.06. The average molecular weight is 578 g/mol. The summed E-state index contributed by atoms with van der Waals surface area (Å²) in [7, 11) is 0. The van der Waals surface area contributed by atoms with E-state index in [2.05, 4.69) is 16.3 Å². The van der Waals surface area contributed by atoms with Gasteiger partial charge in [0.05, 0.1) is 35.9 Å². The Morgan fingerprint density at radius 3 is 2.55 bits per heavy atom. The monoisotopic (exact) mass is 577 g/mol. The first kappa shape index (κ1) is 31.2. The van der Waals surface area contributed by atoms with Crippen molar-refractivity contribution in [2.45, 2.75) is 84.6 Å². The third-order valence-corrected chi connectivity index (χ3v) is 6.83. The van der Waals surface area contributed by atoms with Crippen molar-refractivity contribution in [3.05, 3.63) is 71.3 Å². The van der Waals surface area contributed by atoms with Gasteiger partial charge in [0.2, 0.25) is 0 Å². The van der Waals surface area contributed by atoms with Gasteiger partial charge in [0.1, 0.15) is 17.0 Å². The Kier molecular flexibility index (Phi) is 9.68. The normalized spacial score (nSPS) is 15.9. The predicted molar refractivity (Wildman–Crippen MR) is 161 cm³/mol. The molecule has 1 aliphatic rings. The number of fused-ring (bicyclic) bond motifs is 2. The van der Waals surface area contributed by atoms with E-state index in [1.54, 1.807) is 25.3 Å². The van der Waals surface area contributed by atoms with Gasteiger partial charge in [-0.05, 0) is 90.1 Å². The Bertz CT molecular complexity index is 1430. The van der Waals surface area contributed by atoms with Crippen molar-refractivity contribution in [2.75, 3.05) is 19.7 Å². The minimum atomic E-state index is -0.675. The standard InChI is InChI=1S/C32H43N5O5/c1-31(2,3)41-29(39)34-19-22(21-38)16-18-36(26-15-9-11-23-12-10-17-33-28(23)26)20-27-35-24-13-7-8-14-25(24)37(27)30(40)42-32(4,5)6/h7-8,10,12-14,16-17,26,38H,9,11,15,18-21H2,1-6H3,(H,34,39)/b22-16+. The zero-order valence-corrected chi connectivity index (χ0v) is 25.5. The highest BCUT2D eigenvalue weighted by Gasteiger charge is 2.30. The SMILES string of the molecule is CC(C)(C)OC(=O)NC/C(=C\CN(Cc1nc2ccccc2n1C(=O)OC(C)(C)C)C1CCCc2cccnc21)CO. The Balaban J connectivity index is 1.67. The van der Waals surface area contributed by atoms with E-state index in [9.17, 15) is 14.7 Å². The lowest BCUT2D eigenvalue weighted by Gasteiger charge is -2.34. The number of nitrogens with one attached hydrogen (secondary N) is 1. The number of aromatic nitrogens is 3. The molecule has 10 heteroatoms. The quantitative estimate of drug-likeness (QED) is 0.335. The van der Waals surface area contributed by atoms with Crippen LogP contribution in [0.5, 0.6) is 0 Å². The number of hydrogen-bond acceptors (Lipinski definition) is 8. The van der Waals surface area contributed by atoms with Crippen LogP contribution in [0.3, 0.4) is 0 Å². The van der Waals surface area contributed by atoms with Crippen molar-refractivity contribution in [2.24, 2.45) is 0 Å². The molecule has 2 aromatic heterocycles. The Morgan fingerprint density at radius 2 is 1.83 bits per heavy atom. The van der Waals surface area contributed by atoms with Gasteiger partial charge in [-0.2, -0.15) is 0 Å². The molecule has 0 saturated carbocycles. The highest BCUT2D eigenvalue weighted by molar-refractivity contribution is 5.87. The summed E-state index contributed by atoms with van der Waals surface area (Å²) in [5.74, 6) is 0.555. The van der Waals surface area contributed by atoms with Gasteiger partial charge in [0.25, 0.3) is 0 Å². The number of ether oxygens (including phenoxy) is 2. The van der Waals surface area contributed by atoms with Crippen LogP contribution >= 0.6 is 0 Å². The molecule has 4 rings (SSSR count). The molecule has 1 amide bonds. The molecule has 2 heterocycles. The van der Waals surface area contributed by atoms with Crippen molar-refractivity contribution in [1.82, 2.24) is 24.8 Å². The molecule has 2 N–H and O–H groups in total. The van der Waals surface area contributed by atoms with Crippen molar-refractivity contribution in [3.63, 3.8) is 0 Å². The molecule has 0 saturated heterocycles. The lowest BCUT2D eigenvalue weighted by atomic mass is 9.90. The molecule has 1 aromatic carbocycles. The summed E-state index contributed by atoms with van der Waals surface area (Å²) in [5.41, 5.74) is 2.94. The number of carbonyl (C=O) groups is 2. The minimum Gasteiger partial charge on any atom is -0.444 e. The number of carbonyl (C=O) groups excluding carboxylic acids is 2. The second kappa shape index (κ2) is 13.0. The molecule has 3 aromatic rings. The number of benzene rings is 1. The number of imidazole rings is 1. The molecule has 1 unspecified atom stereocenters. The topological polar surface area (TPSA) is 119 Å². The number of para-hydroxylation sites is 2. The number of hydrogen-bond donors (Lipinski definition) is 2. The van der Waals surface area contributed by atoms with Crippen LogP contribution in [0, 0.1) is 0 Å². The van der Waals surface area contributed by atoms with E-state index in [1.807, 2.05) is 63.4 Å². The number of aliphatic hydroxyl groups is 1. The van der Waals surface area contributed by atoms with Crippen LogP contribution in [0.1, 0.15) is 77.5 Å². The number of pyridine rings is 1. The van der Waals surface area contributed by atoms with Crippen molar-refractivity contribution in [3.8, 4) is 0 Å². The number of aliphatic hydroxyl groups excluding tert-OH is 1. The fraction of sp³-hybridized carbons (Fsp3) is 0.500. The maximum absolute atomic E-state index is 13.4. The van der Waals surface area contributed by atoms with Crippen molar-refractivity contribution < 1.29 is 24.2 Å². The highest BCUT2D eigenvalue weighted by atomic mass is 16.6. The van der Waals surface area contributed by atoms with Crippen molar-refractivity contribution >= 4 is 23.2 Å².